The van der Waals surface area contributed by atoms with Gasteiger partial charge in [0, 0.05) is 25.7 Å². The maximum absolute atomic E-state index is 13.1. The molecule has 0 aliphatic heterocycles. The largest absolute Gasteiger partial charge is 0.472 e. The van der Waals surface area contributed by atoms with Gasteiger partial charge in [0.25, 0.3) is 0 Å². The molecule has 100 heavy (non-hydrogen) atoms. The van der Waals surface area contributed by atoms with Crippen LogP contribution in [0.5, 0.6) is 0 Å². The molecule has 0 rings (SSSR count). The van der Waals surface area contributed by atoms with Crippen molar-refractivity contribution in [3.8, 4) is 0 Å². The number of aliphatic hydroxyl groups excluding tert-OH is 1. The first kappa shape index (κ1) is 98.1. The monoisotopic (exact) mass is 1470 g/mol. The molecule has 0 aromatic carbocycles. The smallest absolute Gasteiger partial charge is 0.462 e. The average molecular weight is 1470 g/mol. The highest BCUT2D eigenvalue weighted by Gasteiger charge is 2.30. The van der Waals surface area contributed by atoms with Crippen molar-refractivity contribution in [2.45, 2.75) is 445 Å². The van der Waals surface area contributed by atoms with E-state index < -0.39 is 97.5 Å². The van der Waals surface area contributed by atoms with E-state index in [4.69, 9.17) is 37.0 Å². The summed E-state index contributed by atoms with van der Waals surface area (Å²) in [6.45, 7) is 9.63. The van der Waals surface area contributed by atoms with Gasteiger partial charge in [0.05, 0.1) is 26.4 Å². The van der Waals surface area contributed by atoms with Crippen LogP contribution in [0, 0.1) is 11.8 Å². The van der Waals surface area contributed by atoms with Crippen LogP contribution in [-0.4, -0.2) is 96.7 Å². The predicted molar refractivity (Wildman–Crippen MR) is 409 cm³/mol. The van der Waals surface area contributed by atoms with Gasteiger partial charge in [-0.1, -0.05) is 375 Å². The lowest BCUT2D eigenvalue weighted by atomic mass is 9.99. The molecule has 4 unspecified atom stereocenters. The Labute approximate surface area is 613 Å². The molecule has 594 valence electrons. The number of rotatable bonds is 80. The van der Waals surface area contributed by atoms with E-state index >= 15 is 0 Å². The van der Waals surface area contributed by atoms with Crippen LogP contribution in [0.2, 0.25) is 0 Å². The highest BCUT2D eigenvalue weighted by molar-refractivity contribution is 7.47. The lowest BCUT2D eigenvalue weighted by Crippen LogP contribution is -2.30. The first-order valence-electron chi connectivity index (χ1n) is 42.1. The molecule has 17 nitrogen and oxygen atoms in total. The number of hydrogen-bond donors (Lipinski definition) is 3. The minimum absolute atomic E-state index is 0.105. The quantitative estimate of drug-likeness (QED) is 0.0222. The van der Waals surface area contributed by atoms with E-state index in [1.54, 1.807) is 0 Å². The van der Waals surface area contributed by atoms with Crippen molar-refractivity contribution < 1.29 is 80.2 Å². The predicted octanol–water partition coefficient (Wildman–Crippen LogP) is 24.3. The molecular formula is C81H158O17P2. The van der Waals surface area contributed by atoms with Crippen molar-refractivity contribution in [1.29, 1.82) is 0 Å². The molecule has 0 fully saturated rings. The molecule has 0 aromatic rings. The molecule has 7 atom stereocenters. The molecular weight excluding hydrogens is 1310 g/mol. The highest BCUT2D eigenvalue weighted by atomic mass is 31.2. The minimum atomic E-state index is -4.96. The molecule has 0 radical (unpaired) electrons. The third kappa shape index (κ3) is 71.7. The Hall–Kier alpha value is -1.94. The Morgan fingerprint density at radius 2 is 0.480 bits per heavy atom. The van der Waals surface area contributed by atoms with Crippen LogP contribution < -0.4 is 0 Å². The van der Waals surface area contributed by atoms with Gasteiger partial charge in [0.1, 0.15) is 19.3 Å². The second kappa shape index (κ2) is 72.6. The van der Waals surface area contributed by atoms with Crippen LogP contribution >= 0.6 is 15.6 Å². The van der Waals surface area contributed by atoms with E-state index in [-0.39, 0.29) is 25.7 Å². The number of carbonyl (C=O) groups excluding carboxylic acids is 4. The van der Waals surface area contributed by atoms with Crippen LogP contribution in [0.1, 0.15) is 427 Å². The van der Waals surface area contributed by atoms with Crippen molar-refractivity contribution in [2.24, 2.45) is 11.8 Å². The fourth-order valence-electron chi connectivity index (χ4n) is 12.5. The lowest BCUT2D eigenvalue weighted by molar-refractivity contribution is -0.161. The summed E-state index contributed by atoms with van der Waals surface area (Å²) in [7, 11) is -9.92. The van der Waals surface area contributed by atoms with Crippen LogP contribution in [0.15, 0.2) is 0 Å². The topological polar surface area (TPSA) is 237 Å². The number of aliphatic hydroxyl groups is 1. The molecule has 0 saturated heterocycles. The van der Waals surface area contributed by atoms with Gasteiger partial charge in [0.2, 0.25) is 0 Å². The molecule has 0 saturated carbocycles. The summed E-state index contributed by atoms with van der Waals surface area (Å²) in [6, 6.07) is 0. The summed E-state index contributed by atoms with van der Waals surface area (Å²) >= 11 is 0. The summed E-state index contributed by atoms with van der Waals surface area (Å²) < 4.78 is 68.7. The molecule has 0 aromatic heterocycles. The Morgan fingerprint density at radius 1 is 0.280 bits per heavy atom. The summed E-state index contributed by atoms with van der Waals surface area (Å²) in [5.41, 5.74) is 0. The fraction of sp³-hybridized carbons (Fsp3) is 0.951. The standard InChI is InChI=1S/C81H158O17P2/c1-7-11-13-15-17-19-21-23-25-26-27-28-29-30-32-34-36-38-47-53-59-65-80(85)97-76(69-91-78(83)63-57-51-45-37-35-33-31-24-22-20-18-16-14-12-8-2)71-95-99(87,88)93-67-75(82)68-94-100(89,90)96-72-77(98-81(86)66-60-54-48-42-40-44-50-56-62-74(6)10-4)70-92-79(84)64-58-52-46-41-39-43-49-55-61-73(5)9-3/h73-77,82H,7-72H2,1-6H3,(H,87,88)(H,89,90)/t73?,74?,75-,76-,77-/m1/s1. The van der Waals surface area contributed by atoms with Crippen LogP contribution in [0.3, 0.4) is 0 Å². The van der Waals surface area contributed by atoms with E-state index in [2.05, 4.69) is 41.5 Å². The van der Waals surface area contributed by atoms with Gasteiger partial charge in [0.15, 0.2) is 12.2 Å². The number of phosphoric ester groups is 2. The fourth-order valence-corrected chi connectivity index (χ4v) is 14.1. The number of carbonyl (C=O) groups is 4. The Balaban J connectivity index is 5.23. The molecule has 0 aliphatic carbocycles. The van der Waals surface area contributed by atoms with E-state index in [0.717, 1.165) is 102 Å². The second-order valence-corrected chi connectivity index (χ2v) is 32.6. The highest BCUT2D eigenvalue weighted by Crippen LogP contribution is 2.45. The van der Waals surface area contributed by atoms with Crippen LogP contribution in [0.4, 0.5) is 0 Å². The molecule has 19 heteroatoms. The third-order valence-electron chi connectivity index (χ3n) is 19.7. The Morgan fingerprint density at radius 3 is 0.710 bits per heavy atom. The number of phosphoric acid groups is 2. The summed E-state index contributed by atoms with van der Waals surface area (Å²) in [6.07, 6.45) is 62.4. The Bertz CT molecular complexity index is 1930. The number of hydrogen-bond acceptors (Lipinski definition) is 15. The van der Waals surface area contributed by atoms with Crippen molar-refractivity contribution in [3.63, 3.8) is 0 Å². The van der Waals surface area contributed by atoms with Gasteiger partial charge in [-0.15, -0.1) is 0 Å². The van der Waals surface area contributed by atoms with E-state index in [0.29, 0.717) is 25.7 Å². The average Bonchev–Trinajstić information content (AvgIpc) is 1.09. The molecule has 0 bridgehead atoms. The first-order chi connectivity index (χ1) is 48.4. The normalized spacial score (nSPS) is 14.4. The molecule has 0 amide bonds. The zero-order chi connectivity index (χ0) is 73.5. The van der Waals surface area contributed by atoms with E-state index in [1.165, 1.54) is 244 Å². The SMILES string of the molecule is CCCCCCCCCCCCCCCCCCCCCCCC(=O)O[C@H](COC(=O)CCCCCCCCCCCCCCCCC)COP(=O)(O)OC[C@@H](O)COP(=O)(O)OC[C@@H](COC(=O)CCCCCCCCCCC(C)CC)OC(=O)CCCCCCCCCCC(C)CC. The van der Waals surface area contributed by atoms with Crippen molar-refractivity contribution >= 4 is 39.5 Å². The van der Waals surface area contributed by atoms with Gasteiger partial charge in [-0.25, -0.2) is 9.13 Å². The molecule has 0 aliphatic rings. The van der Waals surface area contributed by atoms with Gasteiger partial charge in [-0.3, -0.25) is 37.3 Å². The van der Waals surface area contributed by atoms with Crippen LogP contribution in [-0.2, 0) is 65.4 Å². The van der Waals surface area contributed by atoms with Crippen LogP contribution in [0.25, 0.3) is 0 Å². The van der Waals surface area contributed by atoms with Crippen molar-refractivity contribution in [1.82, 2.24) is 0 Å². The lowest BCUT2D eigenvalue weighted by Gasteiger charge is -2.21. The second-order valence-electron chi connectivity index (χ2n) is 29.6. The van der Waals surface area contributed by atoms with Gasteiger partial charge in [-0.05, 0) is 37.5 Å². The zero-order valence-electron chi connectivity index (χ0n) is 65.5. The number of unbranched alkanes of at least 4 members (excludes halogenated alkanes) is 48. The number of esters is 4. The molecule has 3 N–H and O–H groups in total. The molecule has 0 heterocycles. The van der Waals surface area contributed by atoms with Gasteiger partial charge in [-0.2, -0.15) is 0 Å². The third-order valence-corrected chi connectivity index (χ3v) is 21.6. The van der Waals surface area contributed by atoms with Crippen molar-refractivity contribution in [2.75, 3.05) is 39.6 Å². The first-order valence-corrected chi connectivity index (χ1v) is 45.1. The van der Waals surface area contributed by atoms with E-state index in [9.17, 15) is 43.2 Å². The number of ether oxygens (including phenoxy) is 4. The summed E-state index contributed by atoms with van der Waals surface area (Å²) in [5, 5.41) is 10.6. The minimum Gasteiger partial charge on any atom is -0.462 e. The maximum atomic E-state index is 13.1. The summed E-state index contributed by atoms with van der Waals surface area (Å²) in [4.78, 5) is 73.0. The van der Waals surface area contributed by atoms with Gasteiger partial charge < -0.3 is 33.8 Å². The summed E-state index contributed by atoms with van der Waals surface area (Å²) in [5.74, 6) is -0.564. The van der Waals surface area contributed by atoms with E-state index in [1.807, 2.05) is 0 Å². The molecule has 0 spiro atoms. The van der Waals surface area contributed by atoms with Crippen molar-refractivity contribution in [3.05, 3.63) is 0 Å². The maximum Gasteiger partial charge on any atom is 0.472 e. The Kier molecular flexibility index (Phi) is 71.2. The van der Waals surface area contributed by atoms with Gasteiger partial charge >= 0.3 is 39.5 Å². The zero-order valence-corrected chi connectivity index (χ0v) is 67.3.